The molecule has 2 aromatic carbocycles. The van der Waals surface area contributed by atoms with Crippen LogP contribution in [0.5, 0.6) is 0 Å². The van der Waals surface area contributed by atoms with Crippen molar-refractivity contribution in [1.29, 1.82) is 0 Å². The Morgan fingerprint density at radius 2 is 1.80 bits per heavy atom. The van der Waals surface area contributed by atoms with Gasteiger partial charge >= 0.3 is 0 Å². The van der Waals surface area contributed by atoms with Gasteiger partial charge in [-0.2, -0.15) is 0 Å². The first-order valence-corrected chi connectivity index (χ1v) is 7.50. The number of para-hydroxylation sites is 1. The largest absolute Gasteiger partial charge is 0.284 e. The summed E-state index contributed by atoms with van der Waals surface area (Å²) >= 11 is 1.90. The maximum absolute atomic E-state index is 4.29. The highest BCUT2D eigenvalue weighted by Gasteiger charge is 2.23. The fourth-order valence-electron chi connectivity index (χ4n) is 2.57. The molecule has 4 heteroatoms. The van der Waals surface area contributed by atoms with Crippen LogP contribution >= 0.6 is 11.8 Å². The molecule has 0 amide bonds. The van der Waals surface area contributed by atoms with Crippen molar-refractivity contribution >= 4 is 11.8 Å². The highest BCUT2D eigenvalue weighted by atomic mass is 32.2. The lowest BCUT2D eigenvalue weighted by Gasteiger charge is -2.13. The normalized spacial score (nSPS) is 17.1. The topological polar surface area (TPSA) is 30.7 Å². The van der Waals surface area contributed by atoms with E-state index in [1.54, 1.807) is 0 Å². The van der Waals surface area contributed by atoms with Crippen LogP contribution < -0.4 is 0 Å². The quantitative estimate of drug-likeness (QED) is 0.681. The van der Waals surface area contributed by atoms with E-state index in [4.69, 9.17) is 0 Å². The monoisotopic (exact) mass is 279 g/mol. The van der Waals surface area contributed by atoms with Crippen LogP contribution in [0.2, 0.25) is 0 Å². The Hall–Kier alpha value is -2.07. The molecule has 98 valence electrons. The molecule has 0 fully saturated rings. The molecule has 20 heavy (non-hydrogen) atoms. The van der Waals surface area contributed by atoms with E-state index in [1.165, 1.54) is 16.1 Å². The van der Waals surface area contributed by atoms with Gasteiger partial charge in [0.15, 0.2) is 0 Å². The molecule has 0 saturated heterocycles. The minimum atomic E-state index is 0.378. The molecule has 0 N–H and O–H groups in total. The van der Waals surface area contributed by atoms with Crippen LogP contribution in [0.4, 0.5) is 0 Å². The second kappa shape index (κ2) is 4.80. The fraction of sp³-hybridized carbons (Fsp3) is 0.125. The lowest BCUT2D eigenvalue weighted by Crippen LogP contribution is -2.02. The molecule has 0 bridgehead atoms. The number of hydrogen-bond donors (Lipinski definition) is 0. The molecule has 0 radical (unpaired) electrons. The Balaban J connectivity index is 1.85. The zero-order chi connectivity index (χ0) is 13.4. The molecule has 3 nitrogen and oxygen atoms in total. The Labute approximate surface area is 121 Å². The standard InChI is InChI=1S/C16H13N3S/c1-2-6-12(7-3-1)15-10-16-18-17-11-19(16)13-8-4-5-9-14(13)20-15/h1-9,11,15H,10H2. The summed E-state index contributed by atoms with van der Waals surface area (Å²) < 4.78 is 2.10. The summed E-state index contributed by atoms with van der Waals surface area (Å²) in [6.45, 7) is 0. The summed E-state index contributed by atoms with van der Waals surface area (Å²) in [4.78, 5) is 1.28. The molecule has 1 aliphatic heterocycles. The van der Waals surface area contributed by atoms with E-state index in [0.717, 1.165) is 12.2 Å². The summed E-state index contributed by atoms with van der Waals surface area (Å²) in [6.07, 6.45) is 2.70. The molecule has 2 heterocycles. The number of fused-ring (bicyclic) bond motifs is 3. The van der Waals surface area contributed by atoms with Crippen molar-refractivity contribution in [3.8, 4) is 5.69 Å². The van der Waals surface area contributed by atoms with Crippen LogP contribution in [0.1, 0.15) is 16.6 Å². The van der Waals surface area contributed by atoms with E-state index in [-0.39, 0.29) is 0 Å². The minimum absolute atomic E-state index is 0.378. The zero-order valence-electron chi connectivity index (χ0n) is 10.8. The first kappa shape index (κ1) is 11.7. The number of aromatic nitrogens is 3. The van der Waals surface area contributed by atoms with Crippen molar-refractivity contribution in [3.05, 3.63) is 72.3 Å². The van der Waals surface area contributed by atoms with Crippen molar-refractivity contribution in [2.24, 2.45) is 0 Å². The van der Waals surface area contributed by atoms with E-state index in [9.17, 15) is 0 Å². The third-order valence-electron chi connectivity index (χ3n) is 3.55. The van der Waals surface area contributed by atoms with Crippen LogP contribution in [0.25, 0.3) is 5.69 Å². The average Bonchev–Trinajstić information content (AvgIpc) is 2.90. The molecular weight excluding hydrogens is 266 g/mol. The summed E-state index contributed by atoms with van der Waals surface area (Å²) in [5.41, 5.74) is 2.51. The summed E-state index contributed by atoms with van der Waals surface area (Å²) in [7, 11) is 0. The van der Waals surface area contributed by atoms with Gasteiger partial charge in [-0.3, -0.25) is 4.57 Å². The predicted octanol–water partition coefficient (Wildman–Crippen LogP) is 3.66. The van der Waals surface area contributed by atoms with Gasteiger partial charge in [-0.05, 0) is 17.7 Å². The van der Waals surface area contributed by atoms with Gasteiger partial charge in [0, 0.05) is 16.6 Å². The van der Waals surface area contributed by atoms with Gasteiger partial charge in [0.05, 0.1) is 5.69 Å². The smallest absolute Gasteiger partial charge is 0.138 e. The van der Waals surface area contributed by atoms with Gasteiger partial charge in [0.2, 0.25) is 0 Å². The number of benzene rings is 2. The first-order chi connectivity index (χ1) is 9.92. The van der Waals surface area contributed by atoms with Gasteiger partial charge < -0.3 is 0 Å². The third-order valence-corrected chi connectivity index (χ3v) is 4.87. The number of rotatable bonds is 1. The lowest BCUT2D eigenvalue weighted by molar-refractivity contribution is 0.816. The molecule has 3 aromatic rings. The van der Waals surface area contributed by atoms with E-state index in [0.29, 0.717) is 5.25 Å². The fourth-order valence-corrected chi connectivity index (χ4v) is 3.85. The van der Waals surface area contributed by atoms with E-state index in [1.807, 2.05) is 18.1 Å². The van der Waals surface area contributed by atoms with Gasteiger partial charge in [0.25, 0.3) is 0 Å². The highest BCUT2D eigenvalue weighted by molar-refractivity contribution is 7.99. The Morgan fingerprint density at radius 1 is 1.00 bits per heavy atom. The number of thioether (sulfide) groups is 1. The van der Waals surface area contributed by atoms with Crippen molar-refractivity contribution in [2.45, 2.75) is 16.6 Å². The first-order valence-electron chi connectivity index (χ1n) is 6.62. The Kier molecular flexibility index (Phi) is 2.81. The second-order valence-corrected chi connectivity index (χ2v) is 6.05. The predicted molar refractivity (Wildman–Crippen MR) is 80.1 cm³/mol. The van der Waals surface area contributed by atoms with Crippen molar-refractivity contribution in [3.63, 3.8) is 0 Å². The van der Waals surface area contributed by atoms with Gasteiger partial charge in [0.1, 0.15) is 12.2 Å². The van der Waals surface area contributed by atoms with Crippen LogP contribution in [-0.2, 0) is 6.42 Å². The summed E-state index contributed by atoms with van der Waals surface area (Å²) in [5.74, 6) is 1.02. The van der Waals surface area contributed by atoms with Crippen LogP contribution in [0.3, 0.4) is 0 Å². The third kappa shape index (κ3) is 1.93. The highest BCUT2D eigenvalue weighted by Crippen LogP contribution is 2.42. The van der Waals surface area contributed by atoms with E-state index < -0.39 is 0 Å². The Bertz CT molecular complexity index is 736. The molecule has 1 aliphatic rings. The molecule has 1 unspecified atom stereocenters. The van der Waals surface area contributed by atoms with E-state index >= 15 is 0 Å². The SMILES string of the molecule is c1ccc(C2Cc3nncn3-c3ccccc3S2)cc1. The molecule has 0 spiro atoms. The number of nitrogens with zero attached hydrogens (tertiary/aromatic N) is 3. The Morgan fingerprint density at radius 3 is 2.70 bits per heavy atom. The van der Waals surface area contributed by atoms with Crippen molar-refractivity contribution in [2.75, 3.05) is 0 Å². The summed E-state index contributed by atoms with van der Waals surface area (Å²) in [5, 5.41) is 8.74. The molecule has 0 saturated carbocycles. The van der Waals surface area contributed by atoms with Crippen LogP contribution in [0.15, 0.2) is 65.8 Å². The maximum Gasteiger partial charge on any atom is 0.138 e. The summed E-state index contributed by atoms with van der Waals surface area (Å²) in [6, 6.07) is 19.1. The zero-order valence-corrected chi connectivity index (χ0v) is 11.6. The van der Waals surface area contributed by atoms with Crippen LogP contribution in [0, 0.1) is 0 Å². The molecule has 1 aromatic heterocycles. The van der Waals surface area contributed by atoms with Gasteiger partial charge in [-0.25, -0.2) is 0 Å². The molecule has 1 atom stereocenters. The second-order valence-electron chi connectivity index (χ2n) is 4.81. The maximum atomic E-state index is 4.29. The van der Waals surface area contributed by atoms with Crippen LogP contribution in [-0.4, -0.2) is 14.8 Å². The lowest BCUT2D eigenvalue weighted by atomic mass is 10.1. The van der Waals surface area contributed by atoms with Gasteiger partial charge in [-0.15, -0.1) is 22.0 Å². The van der Waals surface area contributed by atoms with Gasteiger partial charge in [-0.1, -0.05) is 42.5 Å². The molecule has 0 aliphatic carbocycles. The minimum Gasteiger partial charge on any atom is -0.284 e. The number of hydrogen-bond acceptors (Lipinski definition) is 3. The van der Waals surface area contributed by atoms with Crippen molar-refractivity contribution in [1.82, 2.24) is 14.8 Å². The van der Waals surface area contributed by atoms with Crippen molar-refractivity contribution < 1.29 is 0 Å². The van der Waals surface area contributed by atoms with E-state index in [2.05, 4.69) is 69.4 Å². The average molecular weight is 279 g/mol. The molecule has 4 rings (SSSR count). The molecular formula is C16H13N3S.